The highest BCUT2D eigenvalue weighted by Crippen LogP contribution is 2.35. The predicted molar refractivity (Wildman–Crippen MR) is 52.0 cm³/mol. The van der Waals surface area contributed by atoms with Gasteiger partial charge in [0.1, 0.15) is 12.1 Å². The van der Waals surface area contributed by atoms with Crippen molar-refractivity contribution in [2.45, 2.75) is 18.3 Å². The summed E-state index contributed by atoms with van der Waals surface area (Å²) >= 11 is 0. The minimum absolute atomic E-state index is 0.546. The first-order valence-electron chi connectivity index (χ1n) is 4.57. The van der Waals surface area contributed by atoms with Crippen LogP contribution in [0.5, 0.6) is 0 Å². The second-order valence-electron chi connectivity index (χ2n) is 3.39. The van der Waals surface area contributed by atoms with Crippen molar-refractivity contribution in [3.8, 4) is 0 Å². The molecule has 0 aliphatic heterocycles. The van der Waals surface area contributed by atoms with Crippen LogP contribution in [-0.2, 0) is 11.0 Å². The molecule has 7 heteroatoms. The topological polar surface area (TPSA) is 83.6 Å². The summed E-state index contributed by atoms with van der Waals surface area (Å²) in [5, 5.41) is 18.0. The lowest BCUT2D eigenvalue weighted by Crippen LogP contribution is -2.37. The Kier molecular flexibility index (Phi) is 3.74. The van der Waals surface area contributed by atoms with E-state index in [-0.39, 0.29) is 0 Å². The molecule has 0 aliphatic rings. The van der Waals surface area contributed by atoms with E-state index >= 15 is 0 Å². The Balaban J connectivity index is 3.18. The number of carboxylic acids is 1. The Hall–Kier alpha value is -1.60. The maximum atomic E-state index is 12.6. The van der Waals surface area contributed by atoms with E-state index in [9.17, 15) is 23.1 Å². The van der Waals surface area contributed by atoms with Crippen LogP contribution >= 0.6 is 0 Å². The fourth-order valence-corrected chi connectivity index (χ4v) is 1.34. The number of carboxylic acid groups (broad SMARTS) is 1. The molecule has 1 unspecified atom stereocenters. The quantitative estimate of drug-likeness (QED) is 0.750. The molecule has 17 heavy (non-hydrogen) atoms. The molecule has 1 aromatic rings. The Morgan fingerprint density at radius 3 is 2.29 bits per heavy atom. The largest absolute Gasteiger partial charge is 0.480 e. The van der Waals surface area contributed by atoms with Gasteiger partial charge in [0.05, 0.1) is 5.56 Å². The third-order valence-electron chi connectivity index (χ3n) is 2.21. The van der Waals surface area contributed by atoms with E-state index in [0.29, 0.717) is 0 Å². The number of nitrogens with two attached hydrogens (primary N) is 1. The van der Waals surface area contributed by atoms with Crippen LogP contribution in [0.3, 0.4) is 0 Å². The molecule has 0 saturated carbocycles. The van der Waals surface area contributed by atoms with Crippen LogP contribution in [-0.4, -0.2) is 22.2 Å². The minimum atomic E-state index is -4.67. The molecule has 0 spiro atoms. The minimum Gasteiger partial charge on any atom is -0.480 e. The van der Waals surface area contributed by atoms with Gasteiger partial charge in [-0.25, -0.2) is 0 Å². The van der Waals surface area contributed by atoms with Crippen molar-refractivity contribution in [1.29, 1.82) is 0 Å². The summed E-state index contributed by atoms with van der Waals surface area (Å²) in [5.74, 6) is -1.57. The summed E-state index contributed by atoms with van der Waals surface area (Å²) in [6.45, 7) is 0. The molecule has 0 radical (unpaired) electrons. The van der Waals surface area contributed by atoms with Gasteiger partial charge < -0.3 is 15.9 Å². The van der Waals surface area contributed by atoms with Crippen molar-refractivity contribution < 1.29 is 28.2 Å². The molecule has 0 amide bonds. The highest BCUT2D eigenvalue weighted by molar-refractivity contribution is 5.74. The summed E-state index contributed by atoms with van der Waals surface area (Å²) in [6, 6.07) is 2.36. The van der Waals surface area contributed by atoms with Gasteiger partial charge in [0.15, 0.2) is 0 Å². The average Bonchev–Trinajstić information content (AvgIpc) is 2.25. The Bertz CT molecular complexity index is 420. The maximum absolute atomic E-state index is 12.6. The summed E-state index contributed by atoms with van der Waals surface area (Å²) < 4.78 is 37.7. The van der Waals surface area contributed by atoms with Gasteiger partial charge in [-0.2, -0.15) is 13.2 Å². The molecule has 0 saturated heterocycles. The van der Waals surface area contributed by atoms with Crippen LogP contribution in [0.2, 0.25) is 0 Å². The zero-order chi connectivity index (χ0) is 13.2. The van der Waals surface area contributed by atoms with Gasteiger partial charge in [0.2, 0.25) is 0 Å². The number of halogens is 3. The lowest BCUT2D eigenvalue weighted by Gasteiger charge is -2.19. The number of rotatable bonds is 3. The third kappa shape index (κ3) is 2.95. The van der Waals surface area contributed by atoms with Gasteiger partial charge in [0.25, 0.3) is 0 Å². The number of hydrogen-bond acceptors (Lipinski definition) is 3. The van der Waals surface area contributed by atoms with Gasteiger partial charge >= 0.3 is 12.1 Å². The van der Waals surface area contributed by atoms with E-state index in [4.69, 9.17) is 10.8 Å². The highest BCUT2D eigenvalue weighted by atomic mass is 19.4. The van der Waals surface area contributed by atoms with E-state index in [1.165, 1.54) is 6.07 Å². The third-order valence-corrected chi connectivity index (χ3v) is 2.21. The number of alkyl halides is 3. The first-order valence-corrected chi connectivity index (χ1v) is 4.57. The van der Waals surface area contributed by atoms with Gasteiger partial charge in [-0.1, -0.05) is 18.2 Å². The number of carbonyl (C=O) groups is 1. The molecule has 1 rings (SSSR count). The SMILES string of the molecule is N[C@H](C(=O)O)C(O)c1ccccc1C(F)(F)F. The normalized spacial score (nSPS) is 15.4. The van der Waals surface area contributed by atoms with E-state index in [0.717, 1.165) is 18.2 Å². The molecule has 0 fully saturated rings. The average molecular weight is 249 g/mol. The standard InChI is InChI=1S/C10H10F3NO3/c11-10(12,13)6-4-2-1-3-5(6)8(15)7(14)9(16)17/h1-4,7-8,15H,14H2,(H,16,17)/t7-,8?/m0/s1. The van der Waals surface area contributed by atoms with Crippen LogP contribution in [0.1, 0.15) is 17.2 Å². The summed E-state index contributed by atoms with van der Waals surface area (Å²) in [5.41, 5.74) is 3.45. The highest BCUT2D eigenvalue weighted by Gasteiger charge is 2.36. The molecule has 0 bridgehead atoms. The van der Waals surface area contributed by atoms with Crippen molar-refractivity contribution in [2.75, 3.05) is 0 Å². The molecule has 0 aliphatic carbocycles. The number of benzene rings is 1. The van der Waals surface area contributed by atoms with Gasteiger partial charge in [0, 0.05) is 0 Å². The van der Waals surface area contributed by atoms with Crippen LogP contribution in [0.25, 0.3) is 0 Å². The smallest absolute Gasteiger partial charge is 0.416 e. The molecule has 0 aromatic heterocycles. The molecular weight excluding hydrogens is 239 g/mol. The summed E-state index contributed by atoms with van der Waals surface area (Å²) in [6.07, 6.45) is -6.58. The molecule has 4 N–H and O–H groups in total. The van der Waals surface area contributed by atoms with E-state index in [1.54, 1.807) is 0 Å². The van der Waals surface area contributed by atoms with Crippen LogP contribution in [0.4, 0.5) is 13.2 Å². The number of aliphatic hydroxyl groups excluding tert-OH is 1. The van der Waals surface area contributed by atoms with E-state index < -0.39 is 35.4 Å². The Labute approximate surface area is 94.5 Å². The van der Waals surface area contributed by atoms with Gasteiger partial charge in [-0.05, 0) is 11.6 Å². The Morgan fingerprint density at radius 1 is 1.29 bits per heavy atom. The van der Waals surface area contributed by atoms with E-state index in [1.807, 2.05) is 0 Å². The maximum Gasteiger partial charge on any atom is 0.416 e. The summed E-state index contributed by atoms with van der Waals surface area (Å²) in [7, 11) is 0. The number of aliphatic carboxylic acids is 1. The molecule has 94 valence electrons. The lowest BCUT2D eigenvalue weighted by atomic mass is 9.97. The zero-order valence-corrected chi connectivity index (χ0v) is 8.48. The van der Waals surface area contributed by atoms with Crippen LogP contribution in [0, 0.1) is 0 Å². The second kappa shape index (κ2) is 4.72. The van der Waals surface area contributed by atoms with Gasteiger partial charge in [-0.15, -0.1) is 0 Å². The van der Waals surface area contributed by atoms with Crippen LogP contribution < -0.4 is 5.73 Å². The monoisotopic (exact) mass is 249 g/mol. The predicted octanol–water partition coefficient (Wildman–Crippen LogP) is 1.15. The van der Waals surface area contributed by atoms with Crippen LogP contribution in [0.15, 0.2) is 24.3 Å². The number of aliphatic hydroxyl groups is 1. The first-order chi connectivity index (χ1) is 7.75. The molecule has 0 heterocycles. The van der Waals surface area contributed by atoms with Crippen molar-refractivity contribution in [3.63, 3.8) is 0 Å². The second-order valence-corrected chi connectivity index (χ2v) is 3.39. The van der Waals surface area contributed by atoms with Crippen molar-refractivity contribution in [3.05, 3.63) is 35.4 Å². The molecular formula is C10H10F3NO3. The molecule has 2 atom stereocenters. The first kappa shape index (κ1) is 13.5. The fourth-order valence-electron chi connectivity index (χ4n) is 1.34. The zero-order valence-electron chi connectivity index (χ0n) is 8.48. The Morgan fingerprint density at radius 2 is 1.82 bits per heavy atom. The van der Waals surface area contributed by atoms with Crippen molar-refractivity contribution >= 4 is 5.97 Å². The lowest BCUT2D eigenvalue weighted by molar-refractivity contribution is -0.144. The van der Waals surface area contributed by atoms with Crippen molar-refractivity contribution in [1.82, 2.24) is 0 Å². The molecule has 4 nitrogen and oxygen atoms in total. The van der Waals surface area contributed by atoms with E-state index in [2.05, 4.69) is 0 Å². The number of hydrogen-bond donors (Lipinski definition) is 3. The van der Waals surface area contributed by atoms with Gasteiger partial charge in [-0.3, -0.25) is 4.79 Å². The van der Waals surface area contributed by atoms with Crippen molar-refractivity contribution in [2.24, 2.45) is 5.73 Å². The fraction of sp³-hybridized carbons (Fsp3) is 0.300. The molecule has 1 aromatic carbocycles. The summed E-state index contributed by atoms with van der Waals surface area (Å²) in [4.78, 5) is 10.5.